The van der Waals surface area contributed by atoms with Crippen LogP contribution in [0.25, 0.3) is 0 Å². The van der Waals surface area contributed by atoms with Crippen molar-refractivity contribution in [2.75, 3.05) is 6.61 Å². The molecule has 0 rings (SSSR count). The molecule has 168 valence electrons. The zero-order chi connectivity index (χ0) is 20.7. The Hall–Kier alpha value is -0.530. The Morgan fingerprint density at radius 3 is 1.25 bits per heavy atom. The van der Waals surface area contributed by atoms with Crippen LogP contribution in [0.3, 0.4) is 0 Å². The first-order valence-electron chi connectivity index (χ1n) is 12.9. The van der Waals surface area contributed by atoms with Crippen molar-refractivity contribution in [2.45, 2.75) is 149 Å². The van der Waals surface area contributed by atoms with Crippen molar-refractivity contribution in [1.82, 2.24) is 0 Å². The second-order valence-electron chi connectivity index (χ2n) is 8.66. The van der Waals surface area contributed by atoms with Crippen LogP contribution in [0.15, 0.2) is 0 Å². The lowest BCUT2D eigenvalue weighted by atomic mass is 9.97. The van der Waals surface area contributed by atoms with Gasteiger partial charge in [0, 0.05) is 0 Å². The molecule has 0 saturated heterocycles. The van der Waals surface area contributed by atoms with E-state index in [0.717, 1.165) is 12.8 Å². The average Bonchev–Trinajstić information content (AvgIpc) is 2.70. The van der Waals surface area contributed by atoms with Gasteiger partial charge in [-0.05, 0) is 19.8 Å². The van der Waals surface area contributed by atoms with Crippen LogP contribution >= 0.6 is 0 Å². The quantitative estimate of drug-likeness (QED) is 0.135. The molecule has 0 radical (unpaired) electrons. The van der Waals surface area contributed by atoms with Crippen LogP contribution < -0.4 is 0 Å². The van der Waals surface area contributed by atoms with Crippen LogP contribution in [0.1, 0.15) is 149 Å². The van der Waals surface area contributed by atoms with E-state index in [4.69, 9.17) is 4.74 Å². The molecule has 2 nitrogen and oxygen atoms in total. The number of hydrogen-bond donors (Lipinski definition) is 0. The SMILES string of the molecule is CCCCCCCCCCCCCCCCCCCCC(CC)C(=O)OCC. The summed E-state index contributed by atoms with van der Waals surface area (Å²) in [4.78, 5) is 11.8. The Labute approximate surface area is 177 Å². The summed E-state index contributed by atoms with van der Waals surface area (Å²) < 4.78 is 5.14. The number of ether oxygens (including phenoxy) is 1. The number of unbranched alkanes of at least 4 members (excludes halogenated alkanes) is 17. The molecule has 0 aliphatic rings. The minimum Gasteiger partial charge on any atom is -0.466 e. The molecular weight excluding hydrogens is 344 g/mol. The highest BCUT2D eigenvalue weighted by Crippen LogP contribution is 2.18. The lowest BCUT2D eigenvalue weighted by Gasteiger charge is -2.13. The third kappa shape index (κ3) is 18.8. The second kappa shape index (κ2) is 22.8. The van der Waals surface area contributed by atoms with Gasteiger partial charge in [0.2, 0.25) is 0 Å². The maximum absolute atomic E-state index is 11.8. The van der Waals surface area contributed by atoms with Gasteiger partial charge in [0.05, 0.1) is 12.5 Å². The molecular formula is C26H52O2. The molecule has 0 spiro atoms. The summed E-state index contributed by atoms with van der Waals surface area (Å²) in [5.41, 5.74) is 0. The van der Waals surface area contributed by atoms with Crippen LogP contribution in [0.4, 0.5) is 0 Å². The highest BCUT2D eigenvalue weighted by molar-refractivity contribution is 5.72. The number of rotatable bonds is 22. The van der Waals surface area contributed by atoms with E-state index in [1.54, 1.807) is 0 Å². The predicted molar refractivity (Wildman–Crippen MR) is 124 cm³/mol. The maximum atomic E-state index is 11.8. The fourth-order valence-corrected chi connectivity index (χ4v) is 4.04. The van der Waals surface area contributed by atoms with Crippen LogP contribution in [0.5, 0.6) is 0 Å². The predicted octanol–water partition coefficient (Wildman–Crippen LogP) is 9.01. The zero-order valence-electron chi connectivity index (χ0n) is 19.7. The lowest BCUT2D eigenvalue weighted by molar-refractivity contribution is -0.148. The molecule has 0 heterocycles. The van der Waals surface area contributed by atoms with Gasteiger partial charge in [0.15, 0.2) is 0 Å². The van der Waals surface area contributed by atoms with Gasteiger partial charge in [-0.15, -0.1) is 0 Å². The molecule has 0 aromatic heterocycles. The van der Waals surface area contributed by atoms with Crippen molar-refractivity contribution in [2.24, 2.45) is 5.92 Å². The van der Waals surface area contributed by atoms with E-state index in [-0.39, 0.29) is 11.9 Å². The molecule has 0 aromatic carbocycles. The van der Waals surface area contributed by atoms with E-state index in [1.165, 1.54) is 116 Å². The molecule has 1 atom stereocenters. The summed E-state index contributed by atoms with van der Waals surface area (Å²) >= 11 is 0. The number of carbonyl (C=O) groups excluding carboxylic acids is 1. The topological polar surface area (TPSA) is 26.3 Å². The normalized spacial score (nSPS) is 12.2. The average molecular weight is 397 g/mol. The highest BCUT2D eigenvalue weighted by atomic mass is 16.5. The maximum Gasteiger partial charge on any atom is 0.308 e. The molecule has 2 heteroatoms. The van der Waals surface area contributed by atoms with Crippen LogP contribution in [-0.2, 0) is 9.53 Å². The van der Waals surface area contributed by atoms with Gasteiger partial charge in [-0.1, -0.05) is 129 Å². The summed E-state index contributed by atoms with van der Waals surface area (Å²) in [5.74, 6) is 0.137. The van der Waals surface area contributed by atoms with Crippen LogP contribution in [-0.4, -0.2) is 12.6 Å². The van der Waals surface area contributed by atoms with E-state index in [9.17, 15) is 4.79 Å². The molecule has 0 saturated carbocycles. The molecule has 0 aromatic rings. The molecule has 0 aliphatic heterocycles. The minimum atomic E-state index is 0.0111. The summed E-state index contributed by atoms with van der Waals surface area (Å²) in [6.45, 7) is 6.78. The van der Waals surface area contributed by atoms with Crippen LogP contribution in [0, 0.1) is 5.92 Å². The molecule has 0 N–H and O–H groups in total. The van der Waals surface area contributed by atoms with Crippen LogP contribution in [0.2, 0.25) is 0 Å². The zero-order valence-corrected chi connectivity index (χ0v) is 19.7. The van der Waals surface area contributed by atoms with E-state index in [2.05, 4.69) is 13.8 Å². The van der Waals surface area contributed by atoms with Gasteiger partial charge in [0.25, 0.3) is 0 Å². The van der Waals surface area contributed by atoms with Gasteiger partial charge < -0.3 is 4.74 Å². The smallest absolute Gasteiger partial charge is 0.308 e. The Bertz CT molecular complexity index is 314. The van der Waals surface area contributed by atoms with Crippen molar-refractivity contribution in [1.29, 1.82) is 0 Å². The van der Waals surface area contributed by atoms with Crippen molar-refractivity contribution in [3.8, 4) is 0 Å². The standard InChI is InChI=1S/C26H52O2/c1-4-7-8-9-10-11-12-13-14-15-16-17-18-19-20-21-22-23-24-25(5-2)26(27)28-6-3/h25H,4-24H2,1-3H3. The van der Waals surface area contributed by atoms with Crippen molar-refractivity contribution >= 4 is 5.97 Å². The van der Waals surface area contributed by atoms with E-state index in [1.807, 2.05) is 6.92 Å². The van der Waals surface area contributed by atoms with E-state index in [0.29, 0.717) is 6.61 Å². The van der Waals surface area contributed by atoms with Crippen molar-refractivity contribution < 1.29 is 9.53 Å². The Morgan fingerprint density at radius 1 is 0.571 bits per heavy atom. The molecule has 0 amide bonds. The molecule has 28 heavy (non-hydrogen) atoms. The van der Waals surface area contributed by atoms with Gasteiger partial charge in [0.1, 0.15) is 0 Å². The second-order valence-corrected chi connectivity index (χ2v) is 8.66. The third-order valence-corrected chi connectivity index (χ3v) is 6.02. The van der Waals surface area contributed by atoms with Crippen molar-refractivity contribution in [3.63, 3.8) is 0 Å². The minimum absolute atomic E-state index is 0.0111. The first kappa shape index (κ1) is 27.5. The van der Waals surface area contributed by atoms with E-state index < -0.39 is 0 Å². The van der Waals surface area contributed by atoms with E-state index >= 15 is 0 Å². The summed E-state index contributed by atoms with van der Waals surface area (Å²) in [6.07, 6.45) is 27.2. The first-order chi connectivity index (χ1) is 13.8. The molecule has 0 bridgehead atoms. The number of esters is 1. The molecule has 0 fully saturated rings. The molecule has 1 unspecified atom stereocenters. The Balaban J connectivity index is 3.20. The molecule has 0 aliphatic carbocycles. The Kier molecular flexibility index (Phi) is 22.3. The lowest BCUT2D eigenvalue weighted by Crippen LogP contribution is -2.16. The number of hydrogen-bond acceptors (Lipinski definition) is 2. The fourth-order valence-electron chi connectivity index (χ4n) is 4.04. The largest absolute Gasteiger partial charge is 0.466 e. The first-order valence-corrected chi connectivity index (χ1v) is 12.9. The Morgan fingerprint density at radius 2 is 0.929 bits per heavy atom. The van der Waals surface area contributed by atoms with Gasteiger partial charge in [-0.2, -0.15) is 0 Å². The number of carbonyl (C=O) groups is 1. The fraction of sp³-hybridized carbons (Fsp3) is 0.962. The van der Waals surface area contributed by atoms with Gasteiger partial charge in [-0.3, -0.25) is 4.79 Å². The summed E-state index contributed by atoms with van der Waals surface area (Å²) in [6, 6.07) is 0. The summed E-state index contributed by atoms with van der Waals surface area (Å²) in [5, 5.41) is 0. The summed E-state index contributed by atoms with van der Waals surface area (Å²) in [7, 11) is 0. The third-order valence-electron chi connectivity index (χ3n) is 6.02. The van der Waals surface area contributed by atoms with Crippen molar-refractivity contribution in [3.05, 3.63) is 0 Å². The monoisotopic (exact) mass is 396 g/mol. The highest BCUT2D eigenvalue weighted by Gasteiger charge is 2.16. The van der Waals surface area contributed by atoms with Gasteiger partial charge >= 0.3 is 5.97 Å². The van der Waals surface area contributed by atoms with Gasteiger partial charge in [-0.25, -0.2) is 0 Å².